The number of fused-ring (bicyclic) bond motifs is 1. The van der Waals surface area contributed by atoms with Crippen LogP contribution in [0.3, 0.4) is 0 Å². The highest BCUT2D eigenvalue weighted by molar-refractivity contribution is 6.02. The Morgan fingerprint density at radius 3 is 2.24 bits per heavy atom. The number of carbonyl (C=O) groups is 1. The van der Waals surface area contributed by atoms with E-state index in [1.54, 1.807) is 12.1 Å². The Morgan fingerprint density at radius 2 is 1.52 bits per heavy atom. The van der Waals surface area contributed by atoms with Crippen LogP contribution in [0.25, 0.3) is 22.3 Å². The highest BCUT2D eigenvalue weighted by atomic mass is 16.4. The number of carbonyl (C=O) groups excluding carboxylic acids is 1. The molecule has 3 unspecified atom stereocenters. The number of phenolic OH excluding ortho intramolecular Hbond substituents is 6. The second-order valence-corrected chi connectivity index (χ2v) is 13.0. The van der Waals surface area contributed by atoms with Gasteiger partial charge in [0.25, 0.3) is 0 Å². The summed E-state index contributed by atoms with van der Waals surface area (Å²) in [7, 11) is 0. The van der Waals surface area contributed by atoms with Gasteiger partial charge in [-0.15, -0.1) is 0 Å². The van der Waals surface area contributed by atoms with Crippen molar-refractivity contribution < 1.29 is 45.0 Å². The molecule has 0 saturated carbocycles. The van der Waals surface area contributed by atoms with E-state index in [2.05, 4.69) is 0 Å². The molecule has 0 spiro atoms. The zero-order chi connectivity index (χ0) is 36.0. The van der Waals surface area contributed by atoms with Crippen LogP contribution in [0, 0.1) is 5.92 Å². The van der Waals surface area contributed by atoms with Crippen molar-refractivity contribution in [1.82, 2.24) is 0 Å². The Hall–Kier alpha value is -6.16. The zero-order valence-corrected chi connectivity index (χ0v) is 27.5. The molecule has 3 atom stereocenters. The monoisotopic (exact) mass is 676 g/mol. The number of ketones is 1. The Bertz CT molecular complexity index is 2290. The van der Waals surface area contributed by atoms with E-state index < -0.39 is 34.7 Å². The first kappa shape index (κ1) is 33.7. The molecule has 10 heteroatoms. The standard InChI is InChI=1S/C40H36O10/c1-19(2)4-8-25-31(43)13-11-27(36(25)46)37(47)35-28(14-20(3)15-29(35)24-9-6-22(41)17-33(24)45)21-5-12-32(44)30(16-21)40-39(49)38(48)26-10-7-23(42)18-34(26)50-40/h4-7,9-14,16-18,28-29,35,41-46,49H,8,15H2,1-3H3. The van der Waals surface area contributed by atoms with Crippen LogP contribution in [0.15, 0.2) is 99.2 Å². The van der Waals surface area contributed by atoms with Gasteiger partial charge in [0, 0.05) is 35.4 Å². The number of allylic oxidation sites excluding steroid dienone is 4. The second kappa shape index (κ2) is 13.0. The lowest BCUT2D eigenvalue weighted by molar-refractivity contribution is 0.0877. The summed E-state index contributed by atoms with van der Waals surface area (Å²) in [6.07, 6.45) is 4.21. The molecule has 1 heterocycles. The molecule has 0 aliphatic heterocycles. The van der Waals surface area contributed by atoms with Gasteiger partial charge in [0.05, 0.1) is 16.5 Å². The smallest absolute Gasteiger partial charge is 0.235 e. The number of phenols is 6. The van der Waals surface area contributed by atoms with Crippen LogP contribution in [0.4, 0.5) is 0 Å². The fourth-order valence-corrected chi connectivity index (χ4v) is 6.81. The van der Waals surface area contributed by atoms with Crippen molar-refractivity contribution in [3.05, 3.63) is 123 Å². The maximum absolute atomic E-state index is 14.8. The van der Waals surface area contributed by atoms with E-state index in [0.29, 0.717) is 17.5 Å². The topological polar surface area (TPSA) is 189 Å². The van der Waals surface area contributed by atoms with Gasteiger partial charge in [-0.1, -0.05) is 35.4 Å². The predicted molar refractivity (Wildman–Crippen MR) is 187 cm³/mol. The quantitative estimate of drug-likeness (QED) is 0.0667. The summed E-state index contributed by atoms with van der Waals surface area (Å²) in [6.45, 7) is 5.62. The van der Waals surface area contributed by atoms with Gasteiger partial charge in [0.2, 0.25) is 11.2 Å². The van der Waals surface area contributed by atoms with Crippen LogP contribution in [-0.2, 0) is 6.42 Å². The maximum Gasteiger partial charge on any atom is 0.235 e. The first-order valence-corrected chi connectivity index (χ1v) is 16.0. The van der Waals surface area contributed by atoms with Gasteiger partial charge in [-0.2, -0.15) is 0 Å². The SMILES string of the molecule is CC(C)=CCc1c(O)ccc(C(=O)C2C(c3ccc(O)c(-c4oc5cc(O)ccc5c(=O)c4O)c3)C=C(C)CC2c2ccc(O)cc2O)c1O. The fraction of sp³-hybridized carbons (Fsp3) is 0.200. The molecule has 1 aliphatic rings. The number of aromatic hydroxyl groups is 7. The van der Waals surface area contributed by atoms with E-state index >= 15 is 0 Å². The van der Waals surface area contributed by atoms with E-state index in [1.807, 2.05) is 32.9 Å². The molecule has 0 bridgehead atoms. The molecule has 1 aromatic heterocycles. The number of hydrogen-bond acceptors (Lipinski definition) is 10. The van der Waals surface area contributed by atoms with Crippen molar-refractivity contribution in [2.24, 2.45) is 5.92 Å². The van der Waals surface area contributed by atoms with Crippen LogP contribution >= 0.6 is 0 Å². The van der Waals surface area contributed by atoms with Crippen molar-refractivity contribution in [1.29, 1.82) is 0 Å². The number of hydrogen-bond donors (Lipinski definition) is 7. The molecule has 4 aromatic carbocycles. The summed E-state index contributed by atoms with van der Waals surface area (Å²) in [5.41, 5.74) is 1.96. The largest absolute Gasteiger partial charge is 0.508 e. The van der Waals surface area contributed by atoms with Crippen LogP contribution in [0.1, 0.15) is 66.1 Å². The van der Waals surface area contributed by atoms with Gasteiger partial charge in [-0.25, -0.2) is 0 Å². The predicted octanol–water partition coefficient (Wildman–Crippen LogP) is 7.62. The van der Waals surface area contributed by atoms with Crippen LogP contribution in [0.2, 0.25) is 0 Å². The number of benzene rings is 4. The minimum atomic E-state index is -0.979. The zero-order valence-electron chi connectivity index (χ0n) is 27.5. The summed E-state index contributed by atoms with van der Waals surface area (Å²) in [5.74, 6) is -5.44. The Balaban J connectivity index is 1.55. The third kappa shape index (κ3) is 6.11. The van der Waals surface area contributed by atoms with Crippen molar-refractivity contribution in [2.45, 2.75) is 45.4 Å². The highest BCUT2D eigenvalue weighted by Crippen LogP contribution is 2.51. The van der Waals surface area contributed by atoms with E-state index in [0.717, 1.165) is 11.1 Å². The molecule has 7 N–H and O–H groups in total. The third-order valence-corrected chi connectivity index (χ3v) is 9.28. The molecule has 0 fully saturated rings. The number of Topliss-reactive ketones (excluding diaryl/α,β-unsaturated/α-hetero) is 1. The Kier molecular flexibility index (Phi) is 8.80. The Morgan fingerprint density at radius 1 is 0.820 bits per heavy atom. The summed E-state index contributed by atoms with van der Waals surface area (Å²) < 4.78 is 5.85. The van der Waals surface area contributed by atoms with Gasteiger partial charge in [-0.3, -0.25) is 9.59 Å². The Labute approximate surface area is 286 Å². The molecule has 0 saturated heterocycles. The summed E-state index contributed by atoms with van der Waals surface area (Å²) in [4.78, 5) is 27.9. The molecule has 256 valence electrons. The molecule has 0 radical (unpaired) electrons. The average molecular weight is 677 g/mol. The summed E-state index contributed by atoms with van der Waals surface area (Å²) >= 11 is 0. The van der Waals surface area contributed by atoms with Crippen molar-refractivity contribution in [2.75, 3.05) is 0 Å². The van der Waals surface area contributed by atoms with Gasteiger partial charge in [0.1, 0.15) is 40.1 Å². The lowest BCUT2D eigenvalue weighted by Crippen LogP contribution is -2.31. The van der Waals surface area contributed by atoms with Crippen molar-refractivity contribution in [3.63, 3.8) is 0 Å². The normalized spacial score (nSPS) is 17.3. The molecule has 10 nitrogen and oxygen atoms in total. The second-order valence-electron chi connectivity index (χ2n) is 13.0. The molecular formula is C40H36O10. The number of rotatable bonds is 7. The van der Waals surface area contributed by atoms with E-state index in [9.17, 15) is 45.3 Å². The van der Waals surface area contributed by atoms with E-state index in [4.69, 9.17) is 4.42 Å². The first-order chi connectivity index (χ1) is 23.7. The molecule has 6 rings (SSSR count). The van der Waals surface area contributed by atoms with Crippen LogP contribution in [0.5, 0.6) is 40.2 Å². The van der Waals surface area contributed by atoms with Crippen LogP contribution < -0.4 is 5.43 Å². The summed E-state index contributed by atoms with van der Waals surface area (Å²) in [5, 5.41) is 75.0. The molecular weight excluding hydrogens is 640 g/mol. The summed E-state index contributed by atoms with van der Waals surface area (Å²) in [6, 6.07) is 15.1. The van der Waals surface area contributed by atoms with Crippen molar-refractivity contribution in [3.8, 4) is 51.6 Å². The maximum atomic E-state index is 14.8. The van der Waals surface area contributed by atoms with Crippen LogP contribution in [-0.4, -0.2) is 41.5 Å². The van der Waals surface area contributed by atoms with Gasteiger partial charge in [-0.05, 0) is 87.2 Å². The van der Waals surface area contributed by atoms with Gasteiger partial charge < -0.3 is 40.2 Å². The van der Waals surface area contributed by atoms with Gasteiger partial charge in [0.15, 0.2) is 11.5 Å². The first-order valence-electron chi connectivity index (χ1n) is 16.0. The third-order valence-electron chi connectivity index (χ3n) is 9.28. The van der Waals surface area contributed by atoms with Gasteiger partial charge >= 0.3 is 0 Å². The molecule has 50 heavy (non-hydrogen) atoms. The molecule has 5 aromatic rings. The fourth-order valence-electron chi connectivity index (χ4n) is 6.81. The van der Waals surface area contributed by atoms with E-state index in [-0.39, 0.29) is 74.3 Å². The van der Waals surface area contributed by atoms with Crippen molar-refractivity contribution >= 4 is 16.8 Å². The lowest BCUT2D eigenvalue weighted by atomic mass is 9.65. The van der Waals surface area contributed by atoms with E-state index in [1.165, 1.54) is 54.6 Å². The molecule has 0 amide bonds. The lowest BCUT2D eigenvalue weighted by Gasteiger charge is -2.37. The minimum Gasteiger partial charge on any atom is -0.508 e. The average Bonchev–Trinajstić information content (AvgIpc) is 3.06. The highest BCUT2D eigenvalue weighted by Gasteiger charge is 2.42. The molecule has 1 aliphatic carbocycles. The minimum absolute atomic E-state index is 0.0189.